The number of hydrogen-bond acceptors (Lipinski definition) is 1. The standard InChI is InChI=1S/C25H31NSi/c1-5-27(6-2)14-8-11-25(27)22-9-7-10-24-21(22)12-13-23(26-24)20-16-18(3)15-19(4)17-20/h7,9-10,12-13,15-17,25H,5-6,8,11,14H2,1-4H3. The number of pyridine rings is 1. The summed E-state index contributed by atoms with van der Waals surface area (Å²) in [4.78, 5) is 5.07. The van der Waals surface area contributed by atoms with Crippen LogP contribution >= 0.6 is 0 Å². The molecule has 3 aromatic rings. The zero-order valence-electron chi connectivity index (χ0n) is 17.2. The van der Waals surface area contributed by atoms with Gasteiger partial charge in [0.2, 0.25) is 0 Å². The van der Waals surface area contributed by atoms with Crippen molar-refractivity contribution in [3.05, 3.63) is 65.2 Å². The third-order valence-electron chi connectivity index (χ3n) is 6.97. The van der Waals surface area contributed by atoms with E-state index in [9.17, 15) is 0 Å². The summed E-state index contributed by atoms with van der Waals surface area (Å²) in [5, 5.41) is 1.39. The summed E-state index contributed by atoms with van der Waals surface area (Å²) in [7, 11) is -1.19. The lowest BCUT2D eigenvalue weighted by Crippen LogP contribution is -2.35. The molecule has 1 nitrogen and oxygen atoms in total. The topological polar surface area (TPSA) is 12.9 Å². The molecule has 1 aliphatic rings. The summed E-state index contributed by atoms with van der Waals surface area (Å²) >= 11 is 0. The molecule has 0 spiro atoms. The summed E-state index contributed by atoms with van der Waals surface area (Å²) in [5.74, 6) is 0. The van der Waals surface area contributed by atoms with Crippen LogP contribution in [0.4, 0.5) is 0 Å². The molecule has 1 unspecified atom stereocenters. The highest BCUT2D eigenvalue weighted by Gasteiger charge is 2.43. The fourth-order valence-electron chi connectivity index (χ4n) is 5.49. The van der Waals surface area contributed by atoms with E-state index >= 15 is 0 Å². The van der Waals surface area contributed by atoms with Gasteiger partial charge in [-0.25, -0.2) is 4.98 Å². The van der Waals surface area contributed by atoms with Crippen LogP contribution < -0.4 is 0 Å². The molecular formula is C25H31NSi. The third kappa shape index (κ3) is 3.25. The Morgan fingerprint density at radius 1 is 0.963 bits per heavy atom. The molecule has 4 rings (SSSR count). The van der Waals surface area contributed by atoms with Crippen LogP contribution in [0.2, 0.25) is 18.1 Å². The number of aromatic nitrogens is 1. The molecular weight excluding hydrogens is 342 g/mol. The number of aryl methyl sites for hydroxylation is 2. The third-order valence-corrected chi connectivity index (χ3v) is 13.2. The van der Waals surface area contributed by atoms with Crippen molar-refractivity contribution in [2.75, 3.05) is 0 Å². The molecule has 1 aliphatic heterocycles. The molecule has 0 saturated carbocycles. The van der Waals surface area contributed by atoms with Crippen LogP contribution in [0, 0.1) is 13.8 Å². The highest BCUT2D eigenvalue weighted by Crippen LogP contribution is 2.48. The van der Waals surface area contributed by atoms with E-state index in [-0.39, 0.29) is 0 Å². The first-order chi connectivity index (χ1) is 13.1. The highest BCUT2D eigenvalue weighted by atomic mass is 28.3. The van der Waals surface area contributed by atoms with Crippen molar-refractivity contribution >= 4 is 19.0 Å². The van der Waals surface area contributed by atoms with Gasteiger partial charge in [-0.3, -0.25) is 0 Å². The monoisotopic (exact) mass is 373 g/mol. The van der Waals surface area contributed by atoms with E-state index in [0.717, 1.165) is 16.8 Å². The molecule has 0 amide bonds. The Balaban J connectivity index is 1.81. The molecule has 2 heteroatoms. The second kappa shape index (κ2) is 7.24. The number of fused-ring (bicyclic) bond motifs is 1. The van der Waals surface area contributed by atoms with Crippen molar-refractivity contribution in [3.63, 3.8) is 0 Å². The summed E-state index contributed by atoms with van der Waals surface area (Å²) in [6, 6.07) is 22.4. The number of hydrogen-bond donors (Lipinski definition) is 0. The molecule has 0 N–H and O–H groups in total. The predicted octanol–water partition coefficient (Wildman–Crippen LogP) is 7.42. The van der Waals surface area contributed by atoms with Gasteiger partial charge in [0.25, 0.3) is 0 Å². The van der Waals surface area contributed by atoms with Gasteiger partial charge >= 0.3 is 0 Å². The summed E-state index contributed by atoms with van der Waals surface area (Å²) in [6.07, 6.45) is 2.80. The SMILES string of the molecule is CC[Si]1(CC)CCCC1c1cccc2nc(-c3cc(C)cc(C)c3)ccc12. The van der Waals surface area contributed by atoms with E-state index in [1.54, 1.807) is 5.56 Å². The zero-order chi connectivity index (χ0) is 19.0. The van der Waals surface area contributed by atoms with Crippen LogP contribution in [0.3, 0.4) is 0 Å². The molecule has 1 atom stereocenters. The molecule has 0 aliphatic carbocycles. The average Bonchev–Trinajstić information content (AvgIpc) is 3.10. The van der Waals surface area contributed by atoms with Gasteiger partial charge in [-0.05, 0) is 55.6 Å². The molecule has 1 aromatic heterocycles. The van der Waals surface area contributed by atoms with Crippen LogP contribution in [-0.2, 0) is 0 Å². The second-order valence-electron chi connectivity index (χ2n) is 8.50. The van der Waals surface area contributed by atoms with Gasteiger partial charge < -0.3 is 0 Å². The van der Waals surface area contributed by atoms with E-state index < -0.39 is 8.07 Å². The van der Waals surface area contributed by atoms with Gasteiger partial charge in [0.05, 0.1) is 19.3 Å². The summed E-state index contributed by atoms with van der Waals surface area (Å²) in [5.41, 5.74) is 8.47. The van der Waals surface area contributed by atoms with Gasteiger partial charge in [-0.1, -0.05) is 73.8 Å². The first-order valence-corrected chi connectivity index (χ1v) is 13.2. The molecule has 1 fully saturated rings. The summed E-state index contributed by atoms with van der Waals surface area (Å²) in [6.45, 7) is 9.20. The van der Waals surface area contributed by atoms with Crippen molar-refractivity contribution in [2.45, 2.75) is 64.2 Å². The minimum Gasteiger partial charge on any atom is -0.248 e. The quantitative estimate of drug-likeness (QED) is 0.433. The van der Waals surface area contributed by atoms with E-state index in [2.05, 4.69) is 76.2 Å². The van der Waals surface area contributed by atoms with Crippen LogP contribution in [0.1, 0.15) is 48.9 Å². The van der Waals surface area contributed by atoms with Gasteiger partial charge in [0, 0.05) is 10.9 Å². The maximum absolute atomic E-state index is 5.07. The van der Waals surface area contributed by atoms with Crippen molar-refractivity contribution < 1.29 is 0 Å². The normalized spacial score (nSPS) is 18.9. The van der Waals surface area contributed by atoms with E-state index in [1.165, 1.54) is 53.1 Å². The maximum atomic E-state index is 5.07. The van der Waals surface area contributed by atoms with E-state index in [4.69, 9.17) is 4.98 Å². The van der Waals surface area contributed by atoms with Crippen molar-refractivity contribution in [1.82, 2.24) is 4.98 Å². The lowest BCUT2D eigenvalue weighted by Gasteiger charge is -2.32. The average molecular weight is 374 g/mol. The molecule has 0 bridgehead atoms. The Morgan fingerprint density at radius 3 is 2.41 bits per heavy atom. The molecule has 27 heavy (non-hydrogen) atoms. The molecule has 140 valence electrons. The number of nitrogens with zero attached hydrogens (tertiary/aromatic N) is 1. The minimum atomic E-state index is -1.19. The Hall–Kier alpha value is -1.93. The molecule has 2 aromatic carbocycles. The number of benzene rings is 2. The van der Waals surface area contributed by atoms with Crippen molar-refractivity contribution in [3.8, 4) is 11.3 Å². The van der Waals surface area contributed by atoms with Crippen molar-refractivity contribution in [1.29, 1.82) is 0 Å². The van der Waals surface area contributed by atoms with E-state index in [1.807, 2.05) is 0 Å². The predicted molar refractivity (Wildman–Crippen MR) is 120 cm³/mol. The van der Waals surface area contributed by atoms with Crippen LogP contribution in [-0.4, -0.2) is 13.1 Å². The van der Waals surface area contributed by atoms with Gasteiger partial charge in [0.1, 0.15) is 0 Å². The van der Waals surface area contributed by atoms with Crippen LogP contribution in [0.5, 0.6) is 0 Å². The largest absolute Gasteiger partial charge is 0.248 e. The van der Waals surface area contributed by atoms with Crippen LogP contribution in [0.15, 0.2) is 48.5 Å². The molecule has 2 heterocycles. The Kier molecular flexibility index (Phi) is 4.94. The fourth-order valence-corrected chi connectivity index (χ4v) is 10.7. The Bertz CT molecular complexity index is 951. The lowest BCUT2D eigenvalue weighted by atomic mass is 10.0. The molecule has 0 radical (unpaired) electrons. The second-order valence-corrected chi connectivity index (χ2v) is 13.8. The first kappa shape index (κ1) is 18.4. The Labute approximate surface area is 164 Å². The number of rotatable bonds is 4. The van der Waals surface area contributed by atoms with E-state index in [0.29, 0.717) is 0 Å². The van der Waals surface area contributed by atoms with Crippen LogP contribution in [0.25, 0.3) is 22.2 Å². The smallest absolute Gasteiger partial charge is 0.0712 e. The highest BCUT2D eigenvalue weighted by molar-refractivity contribution is 6.81. The Morgan fingerprint density at radius 2 is 1.70 bits per heavy atom. The van der Waals surface area contributed by atoms with Gasteiger partial charge in [-0.2, -0.15) is 0 Å². The lowest BCUT2D eigenvalue weighted by molar-refractivity contribution is 0.818. The zero-order valence-corrected chi connectivity index (χ0v) is 18.2. The maximum Gasteiger partial charge on any atom is 0.0712 e. The summed E-state index contributed by atoms with van der Waals surface area (Å²) < 4.78 is 0. The fraction of sp³-hybridized carbons (Fsp3) is 0.400. The van der Waals surface area contributed by atoms with Gasteiger partial charge in [-0.15, -0.1) is 0 Å². The molecule has 1 saturated heterocycles. The first-order valence-electron chi connectivity index (χ1n) is 10.5. The van der Waals surface area contributed by atoms with Crippen molar-refractivity contribution in [2.24, 2.45) is 0 Å². The minimum absolute atomic E-state index is 0.810. The van der Waals surface area contributed by atoms with Gasteiger partial charge in [0.15, 0.2) is 0 Å².